The molecule has 0 saturated carbocycles. The minimum atomic E-state index is 0.186. The number of aromatic nitrogens is 1. The van der Waals surface area contributed by atoms with E-state index in [1.165, 1.54) is 0 Å². The van der Waals surface area contributed by atoms with Crippen molar-refractivity contribution in [2.24, 2.45) is 10.4 Å². The van der Waals surface area contributed by atoms with E-state index in [0.717, 1.165) is 36.3 Å². The number of rotatable bonds is 8. The molecule has 23 heavy (non-hydrogen) atoms. The van der Waals surface area contributed by atoms with Gasteiger partial charge in [0, 0.05) is 25.0 Å². The van der Waals surface area contributed by atoms with Crippen molar-refractivity contribution in [3.63, 3.8) is 0 Å². The molecule has 0 aliphatic rings. The first-order chi connectivity index (χ1) is 10.7. The Kier molecular flexibility index (Phi) is 7.99. The fourth-order valence-corrected chi connectivity index (χ4v) is 3.27. The van der Waals surface area contributed by atoms with Crippen molar-refractivity contribution in [3.8, 4) is 0 Å². The number of nitrogens with one attached hydrogen (secondary N) is 2. The Morgan fingerprint density at radius 2 is 2.04 bits per heavy atom. The molecule has 0 unspecified atom stereocenters. The van der Waals surface area contributed by atoms with Crippen molar-refractivity contribution in [3.05, 3.63) is 16.1 Å². The first kappa shape index (κ1) is 19.9. The van der Waals surface area contributed by atoms with Gasteiger partial charge in [0.05, 0.1) is 12.2 Å². The second-order valence-corrected chi connectivity index (χ2v) is 8.21. The molecule has 0 amide bonds. The van der Waals surface area contributed by atoms with E-state index in [-0.39, 0.29) is 5.41 Å². The Morgan fingerprint density at radius 1 is 1.35 bits per heavy atom. The lowest BCUT2D eigenvalue weighted by Crippen LogP contribution is -2.44. The normalized spacial score (nSPS) is 13.0. The molecular formula is C17H33N5S. The van der Waals surface area contributed by atoms with Crippen LogP contribution < -0.4 is 10.6 Å². The topological polar surface area (TPSA) is 52.6 Å². The molecular weight excluding hydrogens is 306 g/mol. The van der Waals surface area contributed by atoms with E-state index in [2.05, 4.69) is 79.6 Å². The first-order valence-electron chi connectivity index (χ1n) is 8.34. The summed E-state index contributed by atoms with van der Waals surface area (Å²) in [5, 5.41) is 9.97. The minimum Gasteiger partial charge on any atom is -0.357 e. The van der Waals surface area contributed by atoms with Crippen LogP contribution in [-0.2, 0) is 6.54 Å². The molecule has 0 aliphatic heterocycles. The second kappa shape index (κ2) is 9.23. The van der Waals surface area contributed by atoms with Crippen molar-refractivity contribution in [1.29, 1.82) is 0 Å². The fourth-order valence-electron chi connectivity index (χ4n) is 2.39. The predicted molar refractivity (Wildman–Crippen MR) is 101 cm³/mol. The zero-order valence-electron chi connectivity index (χ0n) is 15.7. The van der Waals surface area contributed by atoms with Crippen LogP contribution in [-0.4, -0.2) is 49.6 Å². The molecule has 0 bridgehead atoms. The smallest absolute Gasteiger partial charge is 0.191 e. The lowest BCUT2D eigenvalue weighted by atomic mass is 9.93. The summed E-state index contributed by atoms with van der Waals surface area (Å²) in [4.78, 5) is 11.5. The van der Waals surface area contributed by atoms with Crippen molar-refractivity contribution >= 4 is 17.3 Å². The van der Waals surface area contributed by atoms with Gasteiger partial charge in [0.25, 0.3) is 0 Å². The molecule has 0 fully saturated rings. The van der Waals surface area contributed by atoms with Crippen molar-refractivity contribution in [2.45, 2.75) is 47.1 Å². The molecule has 132 valence electrons. The third-order valence-electron chi connectivity index (χ3n) is 3.36. The van der Waals surface area contributed by atoms with Gasteiger partial charge >= 0.3 is 0 Å². The van der Waals surface area contributed by atoms with Gasteiger partial charge in [0.1, 0.15) is 5.01 Å². The van der Waals surface area contributed by atoms with Gasteiger partial charge in [-0.2, -0.15) is 0 Å². The number of hydrogen-bond acceptors (Lipinski definition) is 4. The largest absolute Gasteiger partial charge is 0.357 e. The van der Waals surface area contributed by atoms with Crippen molar-refractivity contribution < 1.29 is 0 Å². The van der Waals surface area contributed by atoms with Gasteiger partial charge in [0.2, 0.25) is 0 Å². The van der Waals surface area contributed by atoms with E-state index in [0.29, 0.717) is 12.5 Å². The van der Waals surface area contributed by atoms with Crippen LogP contribution in [0.1, 0.15) is 51.2 Å². The Morgan fingerprint density at radius 3 is 2.57 bits per heavy atom. The van der Waals surface area contributed by atoms with Crippen LogP contribution in [0.3, 0.4) is 0 Å². The SMILES string of the molecule is CCNC(=NCc1nc(C(C)C)cs1)NCC(C)(C)CN(C)C. The predicted octanol–water partition coefficient (Wildman–Crippen LogP) is 2.91. The maximum atomic E-state index is 4.67. The van der Waals surface area contributed by atoms with Crippen LogP contribution in [0.15, 0.2) is 10.4 Å². The zero-order valence-corrected chi connectivity index (χ0v) is 16.5. The highest BCUT2D eigenvalue weighted by molar-refractivity contribution is 7.09. The molecule has 1 aromatic rings. The molecule has 6 heteroatoms. The Bertz CT molecular complexity index is 491. The molecule has 0 aliphatic carbocycles. The third-order valence-corrected chi connectivity index (χ3v) is 4.21. The third kappa shape index (κ3) is 7.79. The Labute approximate surface area is 145 Å². The monoisotopic (exact) mass is 339 g/mol. The summed E-state index contributed by atoms with van der Waals surface area (Å²) in [5.41, 5.74) is 1.34. The second-order valence-electron chi connectivity index (χ2n) is 7.27. The molecule has 2 N–H and O–H groups in total. The molecule has 1 rings (SSSR count). The van der Waals surface area contributed by atoms with Crippen LogP contribution in [0.4, 0.5) is 0 Å². The summed E-state index contributed by atoms with van der Waals surface area (Å²) in [5.74, 6) is 1.34. The number of guanidine groups is 1. The lowest BCUT2D eigenvalue weighted by molar-refractivity contribution is 0.241. The van der Waals surface area contributed by atoms with E-state index in [1.54, 1.807) is 11.3 Å². The van der Waals surface area contributed by atoms with Gasteiger partial charge in [0.15, 0.2) is 5.96 Å². The molecule has 5 nitrogen and oxygen atoms in total. The van der Waals surface area contributed by atoms with E-state index >= 15 is 0 Å². The van der Waals surface area contributed by atoms with Gasteiger partial charge in [-0.1, -0.05) is 27.7 Å². The molecule has 1 heterocycles. The van der Waals surface area contributed by atoms with Crippen LogP contribution in [0.5, 0.6) is 0 Å². The average Bonchev–Trinajstić information content (AvgIpc) is 2.89. The number of hydrogen-bond donors (Lipinski definition) is 2. The number of nitrogens with zero attached hydrogens (tertiary/aromatic N) is 3. The quantitative estimate of drug-likeness (QED) is 0.565. The van der Waals surface area contributed by atoms with Gasteiger partial charge in [-0.25, -0.2) is 9.98 Å². The fraction of sp³-hybridized carbons (Fsp3) is 0.765. The van der Waals surface area contributed by atoms with E-state index in [1.807, 2.05) is 0 Å². The summed E-state index contributed by atoms with van der Waals surface area (Å²) in [6, 6.07) is 0. The summed E-state index contributed by atoms with van der Waals surface area (Å²) in [6.45, 7) is 14.3. The highest BCUT2D eigenvalue weighted by Gasteiger charge is 2.19. The summed E-state index contributed by atoms with van der Waals surface area (Å²) in [6.07, 6.45) is 0. The maximum Gasteiger partial charge on any atom is 0.191 e. The number of aliphatic imine (C=N–C) groups is 1. The summed E-state index contributed by atoms with van der Waals surface area (Å²) >= 11 is 1.69. The van der Waals surface area contributed by atoms with Crippen LogP contribution >= 0.6 is 11.3 Å². The van der Waals surface area contributed by atoms with Gasteiger partial charge in [-0.15, -0.1) is 11.3 Å². The summed E-state index contributed by atoms with van der Waals surface area (Å²) < 4.78 is 0. The van der Waals surface area contributed by atoms with E-state index < -0.39 is 0 Å². The van der Waals surface area contributed by atoms with Crippen molar-refractivity contribution in [2.75, 3.05) is 33.7 Å². The van der Waals surface area contributed by atoms with Crippen LogP contribution in [0.25, 0.3) is 0 Å². The van der Waals surface area contributed by atoms with Gasteiger partial charge in [-0.05, 0) is 32.4 Å². The lowest BCUT2D eigenvalue weighted by Gasteiger charge is -2.29. The molecule has 0 atom stereocenters. The standard InChI is InChI=1S/C17H33N5S/c1-8-18-16(20-11-17(4,5)12-22(6)7)19-9-15-21-14(10-23-15)13(2)3/h10,13H,8-9,11-12H2,1-7H3,(H2,18,19,20). The maximum absolute atomic E-state index is 4.67. The van der Waals surface area contributed by atoms with Gasteiger partial charge in [-0.3, -0.25) is 0 Å². The van der Waals surface area contributed by atoms with Crippen LogP contribution in [0.2, 0.25) is 0 Å². The molecule has 1 aromatic heterocycles. The molecule has 0 spiro atoms. The van der Waals surface area contributed by atoms with E-state index in [9.17, 15) is 0 Å². The number of thiazole rings is 1. The Balaban J connectivity index is 2.62. The van der Waals surface area contributed by atoms with Gasteiger partial charge < -0.3 is 15.5 Å². The minimum absolute atomic E-state index is 0.186. The zero-order chi connectivity index (χ0) is 17.5. The highest BCUT2D eigenvalue weighted by Crippen LogP contribution is 2.18. The average molecular weight is 340 g/mol. The van der Waals surface area contributed by atoms with Crippen molar-refractivity contribution in [1.82, 2.24) is 20.5 Å². The summed E-state index contributed by atoms with van der Waals surface area (Å²) in [7, 11) is 4.21. The Hall–Kier alpha value is -1.14. The molecule has 0 radical (unpaired) electrons. The van der Waals surface area contributed by atoms with Crippen LogP contribution in [0, 0.1) is 5.41 Å². The first-order valence-corrected chi connectivity index (χ1v) is 9.22. The highest BCUT2D eigenvalue weighted by atomic mass is 32.1. The molecule has 0 aromatic carbocycles. The van der Waals surface area contributed by atoms with E-state index in [4.69, 9.17) is 0 Å². The molecule has 0 saturated heterocycles.